The van der Waals surface area contributed by atoms with Crippen LogP contribution in [0.25, 0.3) is 0 Å². The van der Waals surface area contributed by atoms with E-state index in [4.69, 9.17) is 0 Å². The summed E-state index contributed by atoms with van der Waals surface area (Å²) in [5.41, 5.74) is 1.29. The monoisotopic (exact) mass is 366 g/mol. The van der Waals surface area contributed by atoms with Gasteiger partial charge in [0.1, 0.15) is 0 Å². The molecule has 7 nitrogen and oxygen atoms in total. The van der Waals surface area contributed by atoms with E-state index in [0.717, 1.165) is 30.0 Å². The molecule has 2 unspecified atom stereocenters. The third-order valence-electron chi connectivity index (χ3n) is 4.61. The first-order valence-corrected chi connectivity index (χ1v) is 8.23. The number of halogens is 1. The summed E-state index contributed by atoms with van der Waals surface area (Å²) in [6.07, 6.45) is 1.04. The molecule has 4 amide bonds. The Balaban J connectivity index is 0.00000225. The lowest BCUT2D eigenvalue weighted by Crippen LogP contribution is -2.50. The van der Waals surface area contributed by atoms with Gasteiger partial charge in [0.05, 0.1) is 13.1 Å². The smallest absolute Gasteiger partial charge is 0.324 e. The van der Waals surface area contributed by atoms with Gasteiger partial charge < -0.3 is 16.0 Å². The number of nitrogens with one attached hydrogen (secondary N) is 3. The van der Waals surface area contributed by atoms with E-state index in [0.29, 0.717) is 11.5 Å². The van der Waals surface area contributed by atoms with Gasteiger partial charge in [-0.3, -0.25) is 14.5 Å². The van der Waals surface area contributed by atoms with Gasteiger partial charge in [0, 0.05) is 18.2 Å². The van der Waals surface area contributed by atoms with E-state index >= 15 is 0 Å². The predicted molar refractivity (Wildman–Crippen MR) is 95.5 cm³/mol. The number of benzene rings is 1. The van der Waals surface area contributed by atoms with Gasteiger partial charge in [-0.2, -0.15) is 0 Å². The quantitative estimate of drug-likeness (QED) is 0.690. The van der Waals surface area contributed by atoms with Crippen LogP contribution in [0.2, 0.25) is 0 Å². The summed E-state index contributed by atoms with van der Waals surface area (Å²) < 4.78 is 0. The molecule has 25 heavy (non-hydrogen) atoms. The van der Waals surface area contributed by atoms with Crippen LogP contribution in [0.5, 0.6) is 0 Å². The van der Waals surface area contributed by atoms with Gasteiger partial charge in [-0.1, -0.05) is 19.1 Å². The maximum Gasteiger partial charge on any atom is 0.324 e. The van der Waals surface area contributed by atoms with E-state index < -0.39 is 6.03 Å². The molecule has 0 saturated carbocycles. The molecule has 3 rings (SSSR count). The van der Waals surface area contributed by atoms with E-state index in [1.54, 1.807) is 24.3 Å². The Kier molecular flexibility index (Phi) is 6.39. The molecule has 2 aliphatic rings. The molecule has 2 atom stereocenters. The Labute approximate surface area is 152 Å². The molecule has 2 saturated heterocycles. The molecule has 0 spiro atoms. The van der Waals surface area contributed by atoms with Crippen LogP contribution in [0, 0.1) is 5.92 Å². The van der Waals surface area contributed by atoms with Crippen molar-refractivity contribution in [2.24, 2.45) is 5.92 Å². The van der Waals surface area contributed by atoms with E-state index in [9.17, 15) is 14.4 Å². The van der Waals surface area contributed by atoms with Crippen LogP contribution in [0.3, 0.4) is 0 Å². The fraction of sp³-hybridized carbons (Fsp3) is 0.471. The zero-order chi connectivity index (χ0) is 17.1. The summed E-state index contributed by atoms with van der Waals surface area (Å²) in [4.78, 5) is 36.9. The summed E-state index contributed by atoms with van der Waals surface area (Å²) in [5.74, 6) is 0.0517. The lowest BCUT2D eigenvalue weighted by Gasteiger charge is -2.30. The van der Waals surface area contributed by atoms with Crippen molar-refractivity contribution in [3.63, 3.8) is 0 Å². The van der Waals surface area contributed by atoms with Crippen LogP contribution in [-0.2, 0) is 11.3 Å². The van der Waals surface area contributed by atoms with Crippen LogP contribution < -0.4 is 16.0 Å². The number of carbonyl (C=O) groups is 3. The van der Waals surface area contributed by atoms with Crippen LogP contribution in [0.4, 0.5) is 4.79 Å². The molecule has 3 N–H and O–H groups in total. The number of hydrogen-bond donors (Lipinski definition) is 3. The van der Waals surface area contributed by atoms with Gasteiger partial charge in [-0.25, -0.2) is 4.79 Å². The average molecular weight is 367 g/mol. The topological polar surface area (TPSA) is 90.5 Å². The minimum atomic E-state index is -0.392. The highest BCUT2D eigenvalue weighted by Crippen LogP contribution is 2.14. The molecule has 0 bridgehead atoms. The second-order valence-corrected chi connectivity index (χ2v) is 6.39. The average Bonchev–Trinajstić information content (AvgIpc) is 2.89. The molecule has 1 aromatic rings. The van der Waals surface area contributed by atoms with E-state index in [2.05, 4.69) is 22.9 Å². The first-order chi connectivity index (χ1) is 11.5. The Bertz CT molecular complexity index is 651. The Morgan fingerprint density at radius 3 is 2.84 bits per heavy atom. The summed E-state index contributed by atoms with van der Waals surface area (Å²) in [6.45, 7) is 4.10. The van der Waals surface area contributed by atoms with E-state index in [-0.39, 0.29) is 43.4 Å². The second-order valence-electron chi connectivity index (χ2n) is 6.39. The number of amides is 4. The number of urea groups is 1. The lowest BCUT2D eigenvalue weighted by atomic mass is 9.94. The van der Waals surface area contributed by atoms with Crippen molar-refractivity contribution in [3.8, 4) is 0 Å². The third-order valence-corrected chi connectivity index (χ3v) is 4.61. The van der Waals surface area contributed by atoms with Crippen molar-refractivity contribution < 1.29 is 14.4 Å². The van der Waals surface area contributed by atoms with E-state index in [1.807, 2.05) is 0 Å². The van der Waals surface area contributed by atoms with E-state index in [1.165, 1.54) is 0 Å². The maximum absolute atomic E-state index is 12.5. The highest BCUT2D eigenvalue weighted by Gasteiger charge is 2.28. The number of piperidine rings is 1. The minimum absolute atomic E-state index is 0. The normalized spacial score (nSPS) is 23.0. The molecule has 0 aliphatic carbocycles. The molecule has 1 aromatic carbocycles. The molecule has 0 aromatic heterocycles. The Hall–Kier alpha value is -2.12. The Morgan fingerprint density at radius 2 is 2.16 bits per heavy atom. The molecule has 2 aliphatic heterocycles. The minimum Gasteiger partial charge on any atom is -0.348 e. The largest absolute Gasteiger partial charge is 0.348 e. The zero-order valence-electron chi connectivity index (χ0n) is 14.1. The number of nitrogens with zero attached hydrogens (tertiary/aromatic N) is 1. The first kappa shape index (κ1) is 19.2. The molecule has 0 radical (unpaired) electrons. The van der Waals surface area contributed by atoms with Gasteiger partial charge in [0.2, 0.25) is 5.91 Å². The molecular formula is C17H23ClN4O3. The van der Waals surface area contributed by atoms with Gasteiger partial charge in [0.15, 0.2) is 0 Å². The van der Waals surface area contributed by atoms with Gasteiger partial charge in [0.25, 0.3) is 5.91 Å². The number of rotatable bonds is 4. The first-order valence-electron chi connectivity index (χ1n) is 8.23. The van der Waals surface area contributed by atoms with Crippen LogP contribution >= 0.6 is 12.4 Å². The zero-order valence-corrected chi connectivity index (χ0v) is 14.9. The van der Waals surface area contributed by atoms with Crippen LogP contribution in [-0.4, -0.2) is 48.4 Å². The van der Waals surface area contributed by atoms with Crippen molar-refractivity contribution in [2.45, 2.75) is 25.9 Å². The highest BCUT2D eigenvalue weighted by atomic mass is 35.5. The van der Waals surface area contributed by atoms with Gasteiger partial charge in [-0.15, -0.1) is 12.4 Å². The van der Waals surface area contributed by atoms with Crippen molar-refractivity contribution in [2.75, 3.05) is 19.6 Å². The highest BCUT2D eigenvalue weighted by molar-refractivity contribution is 6.02. The van der Waals surface area contributed by atoms with Crippen molar-refractivity contribution in [3.05, 3.63) is 35.4 Å². The summed E-state index contributed by atoms with van der Waals surface area (Å²) in [5, 5.41) is 8.84. The fourth-order valence-electron chi connectivity index (χ4n) is 3.04. The SMILES string of the molecule is CC1CCNCC1NC(=O)c1cccc(CN2C(=O)CNC2=O)c1.Cl. The van der Waals surface area contributed by atoms with Crippen molar-refractivity contribution in [1.82, 2.24) is 20.9 Å². The number of carbonyl (C=O) groups excluding carboxylic acids is 3. The molecule has 2 fully saturated rings. The molecule has 8 heteroatoms. The summed E-state index contributed by atoms with van der Waals surface area (Å²) in [7, 11) is 0. The fourth-order valence-corrected chi connectivity index (χ4v) is 3.04. The molecule has 136 valence electrons. The number of imide groups is 1. The standard InChI is InChI=1S/C17H22N4O3.ClH/c1-11-5-6-18-8-14(11)20-16(23)13-4-2-3-12(7-13)10-21-15(22)9-19-17(21)24;/h2-4,7,11,14,18H,5-6,8-10H2,1H3,(H,19,24)(H,20,23);1H. The Morgan fingerprint density at radius 1 is 1.36 bits per heavy atom. The van der Waals surface area contributed by atoms with Crippen LogP contribution in [0.15, 0.2) is 24.3 Å². The third kappa shape index (κ3) is 4.49. The van der Waals surface area contributed by atoms with Crippen molar-refractivity contribution in [1.29, 1.82) is 0 Å². The molecular weight excluding hydrogens is 344 g/mol. The second kappa shape index (κ2) is 8.31. The maximum atomic E-state index is 12.5. The molecule has 2 heterocycles. The predicted octanol–water partition coefficient (Wildman–Crippen LogP) is 0.888. The summed E-state index contributed by atoms with van der Waals surface area (Å²) in [6, 6.07) is 6.77. The lowest BCUT2D eigenvalue weighted by molar-refractivity contribution is -0.125. The summed E-state index contributed by atoms with van der Waals surface area (Å²) >= 11 is 0. The van der Waals surface area contributed by atoms with Crippen molar-refractivity contribution >= 4 is 30.3 Å². The van der Waals surface area contributed by atoms with Gasteiger partial charge >= 0.3 is 6.03 Å². The van der Waals surface area contributed by atoms with Crippen LogP contribution in [0.1, 0.15) is 29.3 Å². The number of hydrogen-bond acceptors (Lipinski definition) is 4. The van der Waals surface area contributed by atoms with Gasteiger partial charge in [-0.05, 0) is 36.6 Å².